The molecule has 0 saturated carbocycles. The Labute approximate surface area is 151 Å². The fraction of sp³-hybridized carbons (Fsp3) is 0.500. The molecule has 0 bridgehead atoms. The lowest BCUT2D eigenvalue weighted by Gasteiger charge is -2.26. The van der Waals surface area contributed by atoms with E-state index in [2.05, 4.69) is 4.98 Å². The summed E-state index contributed by atoms with van der Waals surface area (Å²) >= 11 is 0.676. The van der Waals surface area contributed by atoms with E-state index >= 15 is 0 Å². The van der Waals surface area contributed by atoms with Crippen molar-refractivity contribution in [2.45, 2.75) is 37.4 Å². The number of nitriles is 1. The van der Waals surface area contributed by atoms with Crippen LogP contribution in [-0.4, -0.2) is 29.2 Å². The summed E-state index contributed by atoms with van der Waals surface area (Å²) in [6.45, 7) is 1.15. The zero-order valence-electron chi connectivity index (χ0n) is 13.8. The van der Waals surface area contributed by atoms with Crippen molar-refractivity contribution in [3.63, 3.8) is 0 Å². The van der Waals surface area contributed by atoms with Crippen LogP contribution in [0.1, 0.15) is 35.7 Å². The Morgan fingerprint density at radius 2 is 2.15 bits per heavy atom. The third kappa shape index (κ3) is 4.66. The van der Waals surface area contributed by atoms with Crippen LogP contribution in [0.5, 0.6) is 0 Å². The molecule has 1 N–H and O–H groups in total. The van der Waals surface area contributed by atoms with Crippen molar-refractivity contribution >= 4 is 23.6 Å². The number of nitrogens with one attached hydrogen (secondary N) is 1. The third-order valence-corrected chi connectivity index (χ3v) is 4.92. The Kier molecular flexibility index (Phi) is 6.13. The maximum absolute atomic E-state index is 13.6. The molecule has 10 heteroatoms. The molecule has 1 amide bonds. The summed E-state index contributed by atoms with van der Waals surface area (Å²) in [4.78, 5) is 26.1. The van der Waals surface area contributed by atoms with E-state index in [1.807, 2.05) is 12.2 Å². The zero-order valence-corrected chi connectivity index (χ0v) is 14.6. The fourth-order valence-corrected chi connectivity index (χ4v) is 3.62. The Morgan fingerprint density at radius 3 is 2.73 bits per heavy atom. The monoisotopic (exact) mass is 386 g/mol. The number of nitrogens with zero attached hydrogens (tertiary/aromatic N) is 2. The largest absolute Gasteiger partial charge is 0.548 e. The molecule has 0 spiro atoms. The van der Waals surface area contributed by atoms with Gasteiger partial charge in [-0.15, -0.1) is 0 Å². The van der Waals surface area contributed by atoms with Crippen molar-refractivity contribution in [2.24, 2.45) is 5.92 Å². The van der Waals surface area contributed by atoms with Gasteiger partial charge in [0.15, 0.2) is 0 Å². The number of thioether (sulfide) groups is 1. The number of carboxylic acid groups (broad SMARTS) is 1. The SMILES string of the molecule is C[C@H]1CCc2nc(SCC(=O)NCC(=O)[O-])c(C#N)c(C(F)(F)F)c2C1. The van der Waals surface area contributed by atoms with Gasteiger partial charge in [-0.2, -0.15) is 18.4 Å². The number of halogens is 3. The summed E-state index contributed by atoms with van der Waals surface area (Å²) in [5, 5.41) is 21.5. The standard InChI is InChI=1S/C16H16F3N3O3S/c1-8-2-3-11-9(4-8)14(16(17,18)19)10(5-20)15(22-11)26-7-12(23)21-6-13(24)25/h8H,2-4,6-7H2,1H3,(H,21,23)(H,24,25)/p-1/t8-/m0/s1. The van der Waals surface area contributed by atoms with E-state index in [0.717, 1.165) is 0 Å². The molecule has 1 aromatic rings. The lowest BCUT2D eigenvalue weighted by Crippen LogP contribution is -2.38. The first-order chi connectivity index (χ1) is 12.1. The third-order valence-electron chi connectivity index (χ3n) is 3.94. The van der Waals surface area contributed by atoms with Gasteiger partial charge < -0.3 is 15.2 Å². The number of aryl methyl sites for hydroxylation is 1. The average molecular weight is 386 g/mol. The van der Waals surface area contributed by atoms with Gasteiger partial charge in [-0.05, 0) is 30.7 Å². The molecule has 1 heterocycles. The van der Waals surface area contributed by atoms with Crippen molar-refractivity contribution in [1.82, 2.24) is 10.3 Å². The first kappa shape index (κ1) is 20.0. The van der Waals surface area contributed by atoms with E-state index in [0.29, 0.717) is 30.3 Å². The second-order valence-electron chi connectivity index (χ2n) is 5.99. The minimum atomic E-state index is -4.71. The molecule has 26 heavy (non-hydrogen) atoms. The van der Waals surface area contributed by atoms with Crippen LogP contribution in [-0.2, 0) is 28.6 Å². The number of hydrogen-bond donors (Lipinski definition) is 1. The number of fused-ring (bicyclic) bond motifs is 1. The predicted octanol–water partition coefficient (Wildman–Crippen LogP) is 1.06. The summed E-state index contributed by atoms with van der Waals surface area (Å²) in [5.41, 5.74) is -1.22. The molecule has 2 rings (SSSR count). The summed E-state index contributed by atoms with van der Waals surface area (Å²) < 4.78 is 40.8. The molecule has 140 valence electrons. The molecular weight excluding hydrogens is 371 g/mol. The number of aliphatic carboxylic acids is 1. The van der Waals surface area contributed by atoms with Crippen molar-refractivity contribution in [2.75, 3.05) is 12.3 Å². The highest BCUT2D eigenvalue weighted by Crippen LogP contribution is 2.41. The second-order valence-corrected chi connectivity index (χ2v) is 6.95. The number of aromatic nitrogens is 1. The summed E-state index contributed by atoms with van der Waals surface area (Å²) in [6, 6.07) is 1.57. The molecular formula is C16H15F3N3O3S-. The van der Waals surface area contributed by atoms with E-state index < -0.39 is 35.7 Å². The number of carbonyl (C=O) groups excluding carboxylic acids is 2. The van der Waals surface area contributed by atoms with Crippen LogP contribution >= 0.6 is 11.8 Å². The van der Waals surface area contributed by atoms with Crippen molar-refractivity contribution in [1.29, 1.82) is 5.26 Å². The highest BCUT2D eigenvalue weighted by atomic mass is 32.2. The number of alkyl halides is 3. The summed E-state index contributed by atoms with van der Waals surface area (Å²) in [7, 11) is 0. The second kappa shape index (κ2) is 7.95. The Balaban J connectivity index is 2.37. The van der Waals surface area contributed by atoms with Gasteiger partial charge in [-0.3, -0.25) is 4.79 Å². The molecule has 0 aromatic carbocycles. The molecule has 6 nitrogen and oxygen atoms in total. The lowest BCUT2D eigenvalue weighted by molar-refractivity contribution is -0.304. The lowest BCUT2D eigenvalue weighted by atomic mass is 9.84. The molecule has 0 saturated heterocycles. The van der Waals surface area contributed by atoms with Gasteiger partial charge in [0.1, 0.15) is 11.1 Å². The molecule has 1 aromatic heterocycles. The van der Waals surface area contributed by atoms with E-state index in [9.17, 15) is 33.1 Å². The van der Waals surface area contributed by atoms with Crippen molar-refractivity contribution in [3.8, 4) is 6.07 Å². The molecule has 0 radical (unpaired) electrons. The zero-order chi connectivity index (χ0) is 19.5. The number of hydrogen-bond acceptors (Lipinski definition) is 6. The molecule has 0 aliphatic heterocycles. The van der Waals surface area contributed by atoms with Crippen LogP contribution in [0.4, 0.5) is 13.2 Å². The normalized spacial score (nSPS) is 16.5. The van der Waals surface area contributed by atoms with Crippen LogP contribution in [0.25, 0.3) is 0 Å². The van der Waals surface area contributed by atoms with Gasteiger partial charge in [0.25, 0.3) is 0 Å². The summed E-state index contributed by atoms with van der Waals surface area (Å²) in [5.74, 6) is -2.49. The minimum Gasteiger partial charge on any atom is -0.548 e. The molecule has 1 atom stereocenters. The van der Waals surface area contributed by atoms with Crippen LogP contribution in [0.2, 0.25) is 0 Å². The van der Waals surface area contributed by atoms with Crippen molar-refractivity contribution in [3.05, 3.63) is 22.4 Å². The molecule has 0 unspecified atom stereocenters. The Hall–Kier alpha value is -2.28. The number of amides is 1. The first-order valence-electron chi connectivity index (χ1n) is 7.75. The van der Waals surface area contributed by atoms with Crippen LogP contribution < -0.4 is 10.4 Å². The summed E-state index contributed by atoms with van der Waals surface area (Å²) in [6.07, 6.45) is -3.44. The maximum atomic E-state index is 13.6. The minimum absolute atomic E-state index is 0.0542. The topological polar surface area (TPSA) is 106 Å². The first-order valence-corrected chi connectivity index (χ1v) is 8.74. The Bertz CT molecular complexity index is 775. The van der Waals surface area contributed by atoms with E-state index in [1.54, 1.807) is 6.07 Å². The van der Waals surface area contributed by atoms with Crippen LogP contribution in [0.15, 0.2) is 5.03 Å². The van der Waals surface area contributed by atoms with Gasteiger partial charge in [0.05, 0.1) is 29.4 Å². The van der Waals surface area contributed by atoms with Gasteiger partial charge >= 0.3 is 6.18 Å². The molecule has 1 aliphatic rings. The van der Waals surface area contributed by atoms with Crippen molar-refractivity contribution < 1.29 is 27.9 Å². The fourth-order valence-electron chi connectivity index (χ4n) is 2.79. The van der Waals surface area contributed by atoms with Crippen LogP contribution in [0, 0.1) is 17.2 Å². The van der Waals surface area contributed by atoms with Crippen LogP contribution in [0.3, 0.4) is 0 Å². The van der Waals surface area contributed by atoms with Gasteiger partial charge in [-0.1, -0.05) is 18.7 Å². The Morgan fingerprint density at radius 1 is 1.46 bits per heavy atom. The number of carboxylic acids is 1. The maximum Gasteiger partial charge on any atom is 0.418 e. The number of pyridine rings is 1. The average Bonchev–Trinajstić information content (AvgIpc) is 2.55. The van der Waals surface area contributed by atoms with Gasteiger partial charge in [0.2, 0.25) is 5.91 Å². The molecule has 0 fully saturated rings. The highest BCUT2D eigenvalue weighted by molar-refractivity contribution is 8.00. The van der Waals surface area contributed by atoms with Gasteiger partial charge in [0, 0.05) is 5.69 Å². The highest BCUT2D eigenvalue weighted by Gasteiger charge is 2.40. The number of carbonyl (C=O) groups is 2. The van der Waals surface area contributed by atoms with E-state index in [1.165, 1.54) is 0 Å². The smallest absolute Gasteiger partial charge is 0.418 e. The predicted molar refractivity (Wildman–Crippen MR) is 83.9 cm³/mol. The van der Waals surface area contributed by atoms with E-state index in [-0.39, 0.29) is 28.7 Å². The quantitative estimate of drug-likeness (QED) is 0.759. The number of rotatable bonds is 5. The molecule has 1 aliphatic carbocycles. The van der Waals surface area contributed by atoms with E-state index in [4.69, 9.17) is 0 Å². The van der Waals surface area contributed by atoms with Gasteiger partial charge in [-0.25, -0.2) is 4.98 Å².